The third-order valence-electron chi connectivity index (χ3n) is 6.93. The molecule has 46 heavy (non-hydrogen) atoms. The van der Waals surface area contributed by atoms with Crippen molar-refractivity contribution in [2.45, 2.75) is 0 Å². The zero-order valence-corrected chi connectivity index (χ0v) is 25.9. The molecule has 0 spiro atoms. The SMILES string of the molecule is O=S(=O)(O)C1=c2ccc([nH]2)=C(S(=O)(=O)O)c2ccc([nH]2)C(S(=O)(=O)O)=c2[nH]c(cc2-c2ccccc2)=C(S(=O)(=O)O)c2ccc1[nH]2. The minimum Gasteiger partial charge on any atom is -0.353 e. The Bertz CT molecular complexity index is 2790. The van der Waals surface area contributed by atoms with Gasteiger partial charge in [-0.1, -0.05) is 30.3 Å². The predicted octanol–water partition coefficient (Wildman–Crippen LogP) is -0.843. The van der Waals surface area contributed by atoms with Crippen LogP contribution in [0.1, 0.15) is 22.8 Å². The summed E-state index contributed by atoms with van der Waals surface area (Å²) in [6, 6.07) is 15.3. The Kier molecular flexibility index (Phi) is 7.18. The molecule has 0 fully saturated rings. The van der Waals surface area contributed by atoms with Crippen molar-refractivity contribution in [1.29, 1.82) is 0 Å². The monoisotopic (exact) mass is 708 g/mol. The van der Waals surface area contributed by atoms with E-state index in [0.717, 1.165) is 42.5 Å². The molecule has 1 aliphatic heterocycles. The Morgan fingerprint density at radius 2 is 0.804 bits per heavy atom. The Balaban J connectivity index is 1.94. The lowest BCUT2D eigenvalue weighted by molar-refractivity contribution is 0.493. The zero-order chi connectivity index (χ0) is 33.4. The molecule has 5 heterocycles. The number of H-pyrrole nitrogens is 4. The largest absolute Gasteiger partial charge is 0.353 e. The van der Waals surface area contributed by atoms with E-state index in [2.05, 4.69) is 19.9 Å². The first-order chi connectivity index (χ1) is 21.3. The second kappa shape index (κ2) is 10.5. The molecule has 0 unspecified atom stereocenters. The van der Waals surface area contributed by atoms with Gasteiger partial charge in [0.15, 0.2) is 0 Å². The summed E-state index contributed by atoms with van der Waals surface area (Å²) in [6.07, 6.45) is 0. The quantitative estimate of drug-likeness (QED) is 0.104. The van der Waals surface area contributed by atoms with Gasteiger partial charge in [0.05, 0.1) is 44.2 Å². The Morgan fingerprint density at radius 1 is 0.413 bits per heavy atom. The van der Waals surface area contributed by atoms with Gasteiger partial charge in [-0.2, -0.15) is 33.7 Å². The molecule has 5 aromatic rings. The molecule has 0 amide bonds. The number of rotatable bonds is 5. The van der Waals surface area contributed by atoms with E-state index in [4.69, 9.17) is 0 Å². The molecular weight excluding hydrogens is 689 g/mol. The van der Waals surface area contributed by atoms with Crippen molar-refractivity contribution in [3.63, 3.8) is 0 Å². The average molecular weight is 709 g/mol. The summed E-state index contributed by atoms with van der Waals surface area (Å²) in [5, 5.41) is -1.67. The fraction of sp³-hybridized carbons (Fsp3) is 0. The molecule has 0 saturated carbocycles. The third-order valence-corrected chi connectivity index (χ3v) is 10.7. The zero-order valence-electron chi connectivity index (χ0n) is 22.6. The van der Waals surface area contributed by atoms with Crippen LogP contribution in [-0.4, -0.2) is 71.8 Å². The first-order valence-corrected chi connectivity index (χ1v) is 18.4. The maximum Gasteiger partial charge on any atom is 0.298 e. The average Bonchev–Trinajstić information content (AvgIpc) is 3.72. The summed E-state index contributed by atoms with van der Waals surface area (Å²) in [7, 11) is -20.7. The predicted molar refractivity (Wildman–Crippen MR) is 163 cm³/mol. The van der Waals surface area contributed by atoms with E-state index in [1.54, 1.807) is 18.2 Å². The minimum atomic E-state index is -5.23. The van der Waals surface area contributed by atoms with Crippen LogP contribution in [0, 0.1) is 0 Å². The summed E-state index contributed by atoms with van der Waals surface area (Å²) in [5.74, 6) is 0. The lowest BCUT2D eigenvalue weighted by Crippen LogP contribution is -2.24. The fourth-order valence-corrected chi connectivity index (χ4v) is 8.44. The van der Waals surface area contributed by atoms with Crippen molar-refractivity contribution in [1.82, 2.24) is 19.9 Å². The van der Waals surface area contributed by atoms with Crippen LogP contribution in [-0.2, 0) is 40.5 Å². The highest BCUT2D eigenvalue weighted by atomic mass is 32.2. The van der Waals surface area contributed by atoms with Crippen molar-refractivity contribution in [3.8, 4) is 11.1 Å². The second-order valence-corrected chi connectivity index (χ2v) is 15.3. The van der Waals surface area contributed by atoms with Crippen molar-refractivity contribution < 1.29 is 51.9 Å². The van der Waals surface area contributed by atoms with Gasteiger partial charge in [0.1, 0.15) is 19.6 Å². The highest BCUT2D eigenvalue weighted by Crippen LogP contribution is 2.26. The highest BCUT2D eigenvalue weighted by molar-refractivity contribution is 7.96. The van der Waals surface area contributed by atoms with Crippen LogP contribution in [0.4, 0.5) is 0 Å². The normalized spacial score (nSPS) is 14.6. The van der Waals surface area contributed by atoms with E-state index >= 15 is 0 Å². The molecule has 240 valence electrons. The van der Waals surface area contributed by atoms with E-state index in [1.165, 1.54) is 12.1 Å². The maximum atomic E-state index is 12.9. The maximum absolute atomic E-state index is 12.9. The van der Waals surface area contributed by atoms with Crippen LogP contribution in [0.3, 0.4) is 0 Å². The topological polar surface area (TPSA) is 281 Å². The summed E-state index contributed by atoms with van der Waals surface area (Å²) in [4.78, 5) is 6.62. The fourth-order valence-electron chi connectivity index (χ4n) is 5.25. The number of benzene rings is 1. The lowest BCUT2D eigenvalue weighted by atomic mass is 10.1. The summed E-state index contributed by atoms with van der Waals surface area (Å²) >= 11 is 0. The number of aromatic nitrogens is 4. The molecule has 1 aliphatic rings. The van der Waals surface area contributed by atoms with Crippen LogP contribution in [0.15, 0.2) is 72.8 Å². The number of hydrogen-bond acceptors (Lipinski definition) is 8. The van der Waals surface area contributed by atoms with Gasteiger partial charge < -0.3 is 19.9 Å². The van der Waals surface area contributed by atoms with Crippen LogP contribution < -0.4 is 21.4 Å². The van der Waals surface area contributed by atoms with Crippen LogP contribution >= 0.6 is 0 Å². The molecule has 0 aliphatic carbocycles. The van der Waals surface area contributed by atoms with Gasteiger partial charge in [-0.25, -0.2) is 0 Å². The van der Waals surface area contributed by atoms with E-state index in [0.29, 0.717) is 5.56 Å². The smallest absolute Gasteiger partial charge is 0.298 e. The van der Waals surface area contributed by atoms with Gasteiger partial charge >= 0.3 is 0 Å². The molecule has 0 radical (unpaired) electrons. The van der Waals surface area contributed by atoms with E-state index < -0.39 is 104 Å². The molecule has 8 bridgehead atoms. The molecule has 0 atom stereocenters. The van der Waals surface area contributed by atoms with Crippen molar-refractivity contribution in [3.05, 3.63) is 117 Å². The minimum absolute atomic E-state index is 0.00520. The van der Waals surface area contributed by atoms with Crippen LogP contribution in [0.2, 0.25) is 0 Å². The lowest BCUT2D eigenvalue weighted by Gasteiger charge is -2.05. The molecule has 0 saturated heterocycles. The van der Waals surface area contributed by atoms with Crippen molar-refractivity contribution in [2.75, 3.05) is 0 Å². The first-order valence-electron chi connectivity index (χ1n) is 12.6. The van der Waals surface area contributed by atoms with Crippen LogP contribution in [0.25, 0.3) is 30.7 Å². The van der Waals surface area contributed by atoms with Crippen LogP contribution in [0.5, 0.6) is 0 Å². The molecular formula is C26H20N4O12S4. The molecule has 1 aromatic carbocycles. The summed E-state index contributed by atoms with van der Waals surface area (Å²) in [6.45, 7) is 0. The highest BCUT2D eigenvalue weighted by Gasteiger charge is 2.29. The van der Waals surface area contributed by atoms with Gasteiger partial charge in [-0.15, -0.1) is 0 Å². The Morgan fingerprint density at radius 3 is 1.22 bits per heavy atom. The molecule has 4 aromatic heterocycles. The van der Waals surface area contributed by atoms with E-state index in [-0.39, 0.29) is 5.56 Å². The number of hydrogen-bond donors (Lipinski definition) is 8. The number of fused-ring (bicyclic) bond motifs is 8. The van der Waals surface area contributed by atoms with Gasteiger partial charge in [-0.3, -0.25) is 18.2 Å². The van der Waals surface area contributed by atoms with Crippen molar-refractivity contribution >= 4 is 60.1 Å². The Hall–Kier alpha value is -4.54. The molecule has 16 nitrogen and oxygen atoms in total. The number of nitrogens with one attached hydrogen (secondary N) is 4. The standard InChI is InChI=1S/C26H20N4O12S4/c31-43(32,33)23-15-6-7-16(27-15)24(44(34,35)36)18-10-11-20(29-18)26(46(40,41)42)22-14(13-4-2-1-3-5-13)12-21(30-22)25(45(37,38)39)19-9-8-17(23)28-19/h1-12,27-30H,(H,31,32,33)(H,34,35,36)(H,37,38,39)(H,40,41,42). The van der Waals surface area contributed by atoms with Gasteiger partial charge in [0.2, 0.25) is 0 Å². The molecule has 8 N–H and O–H groups in total. The number of aromatic amines is 4. The van der Waals surface area contributed by atoms with Gasteiger partial charge in [-0.05, 0) is 48.0 Å². The van der Waals surface area contributed by atoms with E-state index in [9.17, 15) is 51.9 Å². The van der Waals surface area contributed by atoms with Gasteiger partial charge in [0, 0.05) is 5.56 Å². The van der Waals surface area contributed by atoms with Gasteiger partial charge in [0.25, 0.3) is 40.5 Å². The third kappa shape index (κ3) is 5.56. The Labute approximate surface area is 259 Å². The van der Waals surface area contributed by atoms with E-state index in [1.807, 2.05) is 0 Å². The molecule has 20 heteroatoms. The summed E-state index contributed by atoms with van der Waals surface area (Å²) < 4.78 is 143. The summed E-state index contributed by atoms with van der Waals surface area (Å²) in [5.41, 5.74) is -1.40. The second-order valence-electron chi connectivity index (χ2n) is 9.91. The molecule has 6 rings (SSSR count). The first kappa shape index (κ1) is 31.4. The van der Waals surface area contributed by atoms with Crippen molar-refractivity contribution in [2.24, 2.45) is 0 Å².